The number of benzene rings is 2. The smallest absolute Gasteiger partial charge is 0.264 e. The first-order valence-electron chi connectivity index (χ1n) is 9.28. The van der Waals surface area contributed by atoms with Crippen molar-refractivity contribution in [1.82, 2.24) is 4.90 Å². The fraction of sp³-hybridized carbons (Fsp3) is 0.381. The second kappa shape index (κ2) is 7.72. The van der Waals surface area contributed by atoms with E-state index in [1.807, 2.05) is 11.8 Å². The van der Waals surface area contributed by atoms with Crippen molar-refractivity contribution < 1.29 is 13.2 Å². The summed E-state index contributed by atoms with van der Waals surface area (Å²) in [7, 11) is -2.10. The lowest BCUT2D eigenvalue weighted by atomic mass is 10.1. The van der Waals surface area contributed by atoms with Crippen LogP contribution >= 0.6 is 0 Å². The number of hydrogen-bond acceptors (Lipinski definition) is 3. The van der Waals surface area contributed by atoms with Crippen LogP contribution in [0.25, 0.3) is 0 Å². The van der Waals surface area contributed by atoms with Crippen LogP contribution in [-0.4, -0.2) is 39.4 Å². The van der Waals surface area contributed by atoms with E-state index in [1.54, 1.807) is 48.5 Å². The first-order valence-corrected chi connectivity index (χ1v) is 10.7. The summed E-state index contributed by atoms with van der Waals surface area (Å²) in [6, 6.07) is 13.6. The van der Waals surface area contributed by atoms with Crippen molar-refractivity contribution in [3.05, 3.63) is 59.7 Å². The van der Waals surface area contributed by atoms with Crippen LogP contribution in [0.5, 0.6) is 0 Å². The van der Waals surface area contributed by atoms with Gasteiger partial charge in [-0.3, -0.25) is 9.10 Å². The second-order valence-electron chi connectivity index (χ2n) is 7.15. The molecule has 3 rings (SSSR count). The van der Waals surface area contributed by atoms with Crippen molar-refractivity contribution in [1.29, 1.82) is 0 Å². The maximum absolute atomic E-state index is 12.8. The molecule has 2 aromatic rings. The van der Waals surface area contributed by atoms with Crippen LogP contribution in [0, 0.1) is 12.8 Å². The third-order valence-corrected chi connectivity index (χ3v) is 7.11. The van der Waals surface area contributed by atoms with Crippen molar-refractivity contribution in [2.75, 3.05) is 24.4 Å². The summed E-state index contributed by atoms with van der Waals surface area (Å²) in [5.74, 6) is 0.598. The van der Waals surface area contributed by atoms with Gasteiger partial charge in [-0.25, -0.2) is 8.42 Å². The minimum atomic E-state index is -3.63. The molecule has 1 amide bonds. The van der Waals surface area contributed by atoms with Crippen LogP contribution in [0.4, 0.5) is 5.69 Å². The van der Waals surface area contributed by atoms with Gasteiger partial charge in [0.25, 0.3) is 15.9 Å². The Labute approximate surface area is 161 Å². The fourth-order valence-corrected chi connectivity index (χ4v) is 4.55. The molecule has 0 saturated carbocycles. The molecule has 0 unspecified atom stereocenters. The molecule has 0 bridgehead atoms. The van der Waals surface area contributed by atoms with Crippen LogP contribution in [0.3, 0.4) is 0 Å². The van der Waals surface area contributed by atoms with Crippen LogP contribution < -0.4 is 4.31 Å². The normalized spacial score (nSPS) is 17.1. The standard InChI is InChI=1S/C21H26N2O3S/c1-4-17-13-14-23(15-17)21(24)18-7-9-19(10-8-18)22(3)27(25,26)20-11-5-16(2)6-12-20/h5-12,17H,4,13-15H2,1-3H3/t17-/m1/s1. The lowest BCUT2D eigenvalue weighted by Gasteiger charge is -2.21. The van der Waals surface area contributed by atoms with Gasteiger partial charge in [-0.05, 0) is 55.7 Å². The zero-order valence-electron chi connectivity index (χ0n) is 16.1. The number of carbonyl (C=O) groups is 1. The molecule has 27 heavy (non-hydrogen) atoms. The highest BCUT2D eigenvalue weighted by Crippen LogP contribution is 2.25. The van der Waals surface area contributed by atoms with E-state index in [-0.39, 0.29) is 10.8 Å². The number of anilines is 1. The van der Waals surface area contributed by atoms with E-state index in [1.165, 1.54) is 11.4 Å². The molecule has 1 saturated heterocycles. The molecule has 2 aromatic carbocycles. The molecule has 1 heterocycles. The molecule has 0 aromatic heterocycles. The Hall–Kier alpha value is -2.34. The van der Waals surface area contributed by atoms with Crippen LogP contribution in [0.1, 0.15) is 35.7 Å². The number of carbonyl (C=O) groups excluding carboxylic acids is 1. The van der Waals surface area contributed by atoms with E-state index < -0.39 is 10.0 Å². The van der Waals surface area contributed by atoms with Gasteiger partial charge in [-0.2, -0.15) is 0 Å². The summed E-state index contributed by atoms with van der Waals surface area (Å²) in [4.78, 5) is 14.8. The minimum absolute atomic E-state index is 0.0153. The van der Waals surface area contributed by atoms with E-state index in [4.69, 9.17) is 0 Å². The summed E-state index contributed by atoms with van der Waals surface area (Å²) in [5.41, 5.74) is 2.13. The summed E-state index contributed by atoms with van der Waals surface area (Å²) >= 11 is 0. The Bertz CT molecular complexity index is 905. The van der Waals surface area contributed by atoms with Crippen molar-refractivity contribution in [2.45, 2.75) is 31.6 Å². The molecule has 5 nitrogen and oxygen atoms in total. The highest BCUT2D eigenvalue weighted by Gasteiger charge is 2.26. The van der Waals surface area contributed by atoms with Gasteiger partial charge in [0.05, 0.1) is 10.6 Å². The van der Waals surface area contributed by atoms with Gasteiger partial charge in [0.1, 0.15) is 0 Å². The summed E-state index contributed by atoms with van der Waals surface area (Å²) < 4.78 is 26.8. The number of hydrogen-bond donors (Lipinski definition) is 0. The molecule has 144 valence electrons. The summed E-state index contributed by atoms with van der Waals surface area (Å²) in [5, 5.41) is 0. The Morgan fingerprint density at radius 2 is 1.74 bits per heavy atom. The zero-order valence-corrected chi connectivity index (χ0v) is 16.9. The summed E-state index contributed by atoms with van der Waals surface area (Å²) in [6.45, 7) is 5.66. The first kappa shape index (κ1) is 19.4. The SMILES string of the molecule is CC[C@@H]1CCN(C(=O)c2ccc(N(C)S(=O)(=O)c3ccc(C)cc3)cc2)C1. The lowest BCUT2D eigenvalue weighted by molar-refractivity contribution is 0.0787. The quantitative estimate of drug-likeness (QED) is 0.787. The average Bonchev–Trinajstić information content (AvgIpc) is 3.16. The average molecular weight is 387 g/mol. The van der Waals surface area contributed by atoms with E-state index in [0.29, 0.717) is 17.2 Å². The highest BCUT2D eigenvalue weighted by atomic mass is 32.2. The maximum atomic E-state index is 12.8. The molecular formula is C21H26N2O3S. The lowest BCUT2D eigenvalue weighted by Crippen LogP contribution is -2.29. The predicted molar refractivity (Wildman–Crippen MR) is 108 cm³/mol. The van der Waals surface area contributed by atoms with Crippen LogP contribution in [0.2, 0.25) is 0 Å². The monoisotopic (exact) mass is 386 g/mol. The van der Waals surface area contributed by atoms with Gasteiger partial charge in [0, 0.05) is 25.7 Å². The highest BCUT2D eigenvalue weighted by molar-refractivity contribution is 7.92. The van der Waals surface area contributed by atoms with Crippen molar-refractivity contribution in [3.63, 3.8) is 0 Å². The zero-order chi connectivity index (χ0) is 19.6. The molecular weight excluding hydrogens is 360 g/mol. The maximum Gasteiger partial charge on any atom is 0.264 e. The molecule has 1 aliphatic heterocycles. The predicted octanol–water partition coefficient (Wildman–Crippen LogP) is 3.69. The third-order valence-electron chi connectivity index (χ3n) is 5.31. The minimum Gasteiger partial charge on any atom is -0.338 e. The number of nitrogens with zero attached hydrogens (tertiary/aromatic N) is 2. The Morgan fingerprint density at radius 3 is 2.30 bits per heavy atom. The van der Waals surface area contributed by atoms with E-state index in [9.17, 15) is 13.2 Å². The first-order chi connectivity index (χ1) is 12.8. The molecule has 0 aliphatic carbocycles. The van der Waals surface area contributed by atoms with Crippen LogP contribution in [0.15, 0.2) is 53.4 Å². The number of likely N-dealkylation sites (tertiary alicyclic amines) is 1. The van der Waals surface area contributed by atoms with E-state index in [2.05, 4.69) is 6.92 Å². The molecule has 0 radical (unpaired) electrons. The molecule has 1 fully saturated rings. The van der Waals surface area contributed by atoms with E-state index in [0.717, 1.165) is 31.5 Å². The summed E-state index contributed by atoms with van der Waals surface area (Å²) in [6.07, 6.45) is 2.14. The van der Waals surface area contributed by atoms with Gasteiger partial charge in [0.2, 0.25) is 0 Å². The fourth-order valence-electron chi connectivity index (χ4n) is 3.35. The number of amides is 1. The number of sulfonamides is 1. The van der Waals surface area contributed by atoms with Crippen molar-refractivity contribution in [2.24, 2.45) is 5.92 Å². The topological polar surface area (TPSA) is 57.7 Å². The van der Waals surface area contributed by atoms with E-state index >= 15 is 0 Å². The second-order valence-corrected chi connectivity index (χ2v) is 9.12. The third kappa shape index (κ3) is 4.00. The van der Waals surface area contributed by atoms with Crippen molar-refractivity contribution in [3.8, 4) is 0 Å². The molecule has 0 spiro atoms. The molecule has 1 atom stereocenters. The Kier molecular flexibility index (Phi) is 5.56. The van der Waals surface area contributed by atoms with Gasteiger partial charge in [0.15, 0.2) is 0 Å². The van der Waals surface area contributed by atoms with Gasteiger partial charge in [-0.1, -0.05) is 31.0 Å². The molecule has 0 N–H and O–H groups in total. The Morgan fingerprint density at radius 1 is 1.11 bits per heavy atom. The van der Waals surface area contributed by atoms with Crippen LogP contribution in [-0.2, 0) is 10.0 Å². The van der Waals surface area contributed by atoms with Crippen molar-refractivity contribution >= 4 is 21.6 Å². The molecule has 1 aliphatic rings. The van der Waals surface area contributed by atoms with Gasteiger partial charge >= 0.3 is 0 Å². The molecule has 6 heteroatoms. The Balaban J connectivity index is 1.76. The van der Waals surface area contributed by atoms with Gasteiger partial charge < -0.3 is 4.90 Å². The largest absolute Gasteiger partial charge is 0.338 e. The van der Waals surface area contributed by atoms with Gasteiger partial charge in [-0.15, -0.1) is 0 Å². The number of rotatable bonds is 5. The number of aryl methyl sites for hydroxylation is 1.